The second kappa shape index (κ2) is 8.94. The molecule has 0 aromatic heterocycles. The maximum Gasteiger partial charge on any atom is 0.255 e. The Hall–Kier alpha value is -2.26. The number of likely N-dealkylation sites (tertiary alicyclic amines) is 1. The Morgan fingerprint density at radius 3 is 2.50 bits per heavy atom. The molecule has 6 rings (SSSR count). The summed E-state index contributed by atoms with van der Waals surface area (Å²) in [6.45, 7) is 4.54. The molecule has 1 aromatic rings. The summed E-state index contributed by atoms with van der Waals surface area (Å²) in [6, 6.07) is 6.29. The van der Waals surface area contributed by atoms with Crippen LogP contribution < -0.4 is 14.8 Å². The van der Waals surface area contributed by atoms with Crippen molar-refractivity contribution in [3.63, 3.8) is 0 Å². The second-order valence-corrected chi connectivity index (χ2v) is 10.4. The predicted molar refractivity (Wildman–Crippen MR) is 122 cm³/mol. The van der Waals surface area contributed by atoms with E-state index in [1.165, 1.54) is 32.1 Å². The van der Waals surface area contributed by atoms with Crippen LogP contribution in [-0.4, -0.2) is 49.7 Å². The van der Waals surface area contributed by atoms with E-state index in [4.69, 9.17) is 9.47 Å². The van der Waals surface area contributed by atoms with Crippen LogP contribution in [0, 0.1) is 35.0 Å². The quantitative estimate of drug-likeness (QED) is 0.698. The van der Waals surface area contributed by atoms with Crippen LogP contribution in [-0.2, 0) is 0 Å². The van der Waals surface area contributed by atoms with Crippen molar-refractivity contribution in [2.45, 2.75) is 64.0 Å². The van der Waals surface area contributed by atoms with Gasteiger partial charge in [0, 0.05) is 31.2 Å². The topological polar surface area (TPSA) is 74.6 Å². The van der Waals surface area contributed by atoms with Crippen LogP contribution in [0.3, 0.4) is 0 Å². The molecule has 0 spiro atoms. The smallest absolute Gasteiger partial charge is 0.255 e. The Morgan fingerprint density at radius 1 is 1.16 bits per heavy atom. The van der Waals surface area contributed by atoms with Gasteiger partial charge in [0.15, 0.2) is 0 Å². The van der Waals surface area contributed by atoms with E-state index in [0.717, 1.165) is 55.6 Å². The Balaban J connectivity index is 1.25. The van der Waals surface area contributed by atoms with Crippen LogP contribution in [0.4, 0.5) is 0 Å². The number of benzene rings is 1. The average molecular weight is 438 g/mol. The van der Waals surface area contributed by atoms with Gasteiger partial charge in [0.1, 0.15) is 17.6 Å². The van der Waals surface area contributed by atoms with E-state index in [0.29, 0.717) is 29.2 Å². The lowest BCUT2D eigenvalue weighted by Gasteiger charge is -2.56. The van der Waals surface area contributed by atoms with Crippen LogP contribution in [0.1, 0.15) is 67.8 Å². The molecule has 6 nitrogen and oxygen atoms in total. The highest BCUT2D eigenvalue weighted by atomic mass is 16.5. The van der Waals surface area contributed by atoms with Crippen LogP contribution in [0.25, 0.3) is 0 Å². The predicted octanol–water partition coefficient (Wildman–Crippen LogP) is 3.98. The van der Waals surface area contributed by atoms with Gasteiger partial charge in [0.25, 0.3) is 5.91 Å². The van der Waals surface area contributed by atoms with Gasteiger partial charge in [0.05, 0.1) is 24.8 Å². The van der Waals surface area contributed by atoms with Crippen molar-refractivity contribution in [2.75, 3.05) is 26.8 Å². The van der Waals surface area contributed by atoms with Gasteiger partial charge in [-0.1, -0.05) is 6.92 Å². The summed E-state index contributed by atoms with van der Waals surface area (Å²) in [4.78, 5) is 15.8. The number of carbonyl (C=O) groups excluding carboxylic acids is 1. The van der Waals surface area contributed by atoms with Crippen molar-refractivity contribution >= 4 is 5.91 Å². The van der Waals surface area contributed by atoms with Gasteiger partial charge in [-0.25, -0.2) is 0 Å². The number of hydrogen-bond donors (Lipinski definition) is 1. The van der Waals surface area contributed by atoms with Crippen molar-refractivity contribution in [3.8, 4) is 17.6 Å². The summed E-state index contributed by atoms with van der Waals surface area (Å²) in [5.74, 6) is 4.46. The zero-order chi connectivity index (χ0) is 22.2. The molecule has 172 valence electrons. The molecule has 1 atom stereocenters. The molecule has 1 amide bonds. The fourth-order valence-corrected chi connectivity index (χ4v) is 7.26. The van der Waals surface area contributed by atoms with E-state index in [2.05, 4.69) is 16.3 Å². The number of nitriles is 1. The Kier molecular flexibility index (Phi) is 6.03. The van der Waals surface area contributed by atoms with Crippen LogP contribution in [0.2, 0.25) is 0 Å². The molecule has 5 fully saturated rings. The summed E-state index contributed by atoms with van der Waals surface area (Å²) in [7, 11) is 1.55. The third-order valence-electron chi connectivity index (χ3n) is 8.28. The van der Waals surface area contributed by atoms with E-state index in [9.17, 15) is 10.1 Å². The highest BCUT2D eigenvalue weighted by Gasteiger charge is 2.50. The van der Waals surface area contributed by atoms with Gasteiger partial charge in [0.2, 0.25) is 0 Å². The van der Waals surface area contributed by atoms with E-state index < -0.39 is 0 Å². The van der Waals surface area contributed by atoms with Crippen molar-refractivity contribution in [3.05, 3.63) is 23.3 Å². The molecule has 5 aliphatic rings. The Morgan fingerprint density at radius 2 is 1.88 bits per heavy atom. The van der Waals surface area contributed by atoms with Gasteiger partial charge in [-0.05, 0) is 74.7 Å². The first-order chi connectivity index (χ1) is 15.6. The highest BCUT2D eigenvalue weighted by Crippen LogP contribution is 2.55. The number of hydrogen-bond acceptors (Lipinski definition) is 5. The minimum absolute atomic E-state index is 0.144. The third kappa shape index (κ3) is 3.96. The first kappa shape index (κ1) is 21.6. The van der Waals surface area contributed by atoms with Crippen molar-refractivity contribution in [1.29, 1.82) is 5.26 Å². The summed E-state index contributed by atoms with van der Waals surface area (Å²) in [6.07, 6.45) is 9.00. The molecule has 1 N–H and O–H groups in total. The third-order valence-corrected chi connectivity index (χ3v) is 8.28. The van der Waals surface area contributed by atoms with Crippen LogP contribution in [0.15, 0.2) is 12.1 Å². The number of carbonyl (C=O) groups is 1. The highest BCUT2D eigenvalue weighted by molar-refractivity contribution is 5.98. The van der Waals surface area contributed by atoms with Gasteiger partial charge < -0.3 is 14.8 Å². The second-order valence-electron chi connectivity index (χ2n) is 10.4. The molecule has 4 saturated carbocycles. The van der Waals surface area contributed by atoms with Crippen LogP contribution in [0.5, 0.6) is 11.5 Å². The number of nitrogens with one attached hydrogen (secondary N) is 1. The lowest BCUT2D eigenvalue weighted by molar-refractivity contribution is -0.0587. The molecule has 1 unspecified atom stereocenters. The zero-order valence-electron chi connectivity index (χ0n) is 19.3. The largest absolute Gasteiger partial charge is 0.496 e. The number of amides is 1. The summed E-state index contributed by atoms with van der Waals surface area (Å²) < 4.78 is 11.1. The molecule has 4 bridgehead atoms. The Bertz CT molecular complexity index is 880. The SMILES string of the molecule is CCCOc1cc(OC)c(C(=O)NC2CCN(C3C4CC5CC(C4)CC3C5)C2)cc1C#N. The van der Waals surface area contributed by atoms with Gasteiger partial charge in [-0.15, -0.1) is 0 Å². The first-order valence-corrected chi connectivity index (χ1v) is 12.4. The molecule has 4 aliphatic carbocycles. The number of methoxy groups -OCH3 is 1. The maximum atomic E-state index is 13.1. The number of rotatable bonds is 7. The molecular weight excluding hydrogens is 402 g/mol. The van der Waals surface area contributed by atoms with Crippen molar-refractivity contribution in [1.82, 2.24) is 10.2 Å². The lowest BCUT2D eigenvalue weighted by Crippen LogP contribution is -2.55. The summed E-state index contributed by atoms with van der Waals surface area (Å²) >= 11 is 0. The minimum atomic E-state index is -0.169. The monoisotopic (exact) mass is 437 g/mol. The normalized spacial score (nSPS) is 33.2. The zero-order valence-corrected chi connectivity index (χ0v) is 19.3. The molecular formula is C26H35N3O3. The molecule has 1 heterocycles. The maximum absolute atomic E-state index is 13.1. The summed E-state index contributed by atoms with van der Waals surface area (Å²) in [5.41, 5.74) is 0.770. The number of nitrogens with zero attached hydrogens (tertiary/aromatic N) is 2. The van der Waals surface area contributed by atoms with Crippen molar-refractivity contribution in [2.24, 2.45) is 23.7 Å². The van der Waals surface area contributed by atoms with E-state index in [1.54, 1.807) is 19.2 Å². The molecule has 32 heavy (non-hydrogen) atoms. The average Bonchev–Trinajstić information content (AvgIpc) is 3.24. The van der Waals surface area contributed by atoms with E-state index in [1.807, 2.05) is 6.92 Å². The van der Waals surface area contributed by atoms with Gasteiger partial charge in [-0.3, -0.25) is 9.69 Å². The van der Waals surface area contributed by atoms with Crippen molar-refractivity contribution < 1.29 is 14.3 Å². The lowest BCUT2D eigenvalue weighted by atomic mass is 9.54. The fourth-order valence-electron chi connectivity index (χ4n) is 7.26. The van der Waals surface area contributed by atoms with E-state index >= 15 is 0 Å². The Labute approximate surface area is 191 Å². The molecule has 1 aromatic carbocycles. The molecule has 6 heteroatoms. The molecule has 0 radical (unpaired) electrons. The fraction of sp³-hybridized carbons (Fsp3) is 0.692. The first-order valence-electron chi connectivity index (χ1n) is 12.4. The van der Waals surface area contributed by atoms with Crippen LogP contribution >= 0.6 is 0 Å². The van der Waals surface area contributed by atoms with E-state index in [-0.39, 0.29) is 11.9 Å². The van der Waals surface area contributed by atoms with Gasteiger partial charge >= 0.3 is 0 Å². The minimum Gasteiger partial charge on any atom is -0.496 e. The van der Waals surface area contributed by atoms with Gasteiger partial charge in [-0.2, -0.15) is 5.26 Å². The molecule has 1 aliphatic heterocycles. The molecule has 1 saturated heterocycles. The number of ether oxygens (including phenoxy) is 2. The summed E-state index contributed by atoms with van der Waals surface area (Å²) in [5, 5.41) is 12.8. The standard InChI is InChI=1S/C26H35N3O3/c1-3-6-32-23-13-24(31-2)22(12-20(23)14-27)26(30)28-21-4-5-29(15-21)25-18-8-16-7-17(10-18)11-19(25)9-16/h12-13,16-19,21,25H,3-11,15H2,1-2H3,(H,28,30).